The zero-order valence-corrected chi connectivity index (χ0v) is 22.6. The van der Waals surface area contributed by atoms with Crippen molar-refractivity contribution in [1.29, 1.82) is 0 Å². The molecule has 0 aliphatic heterocycles. The fourth-order valence-electron chi connectivity index (χ4n) is 3.68. The molecule has 1 atom stereocenters. The number of rotatable bonds is 9. The molecule has 11 heteroatoms. The van der Waals surface area contributed by atoms with Gasteiger partial charge in [0.2, 0.25) is 6.29 Å². The van der Waals surface area contributed by atoms with Gasteiger partial charge in [-0.3, -0.25) is 14.5 Å². The number of pyridine rings is 1. The summed E-state index contributed by atoms with van der Waals surface area (Å²) >= 11 is 3.62. The van der Waals surface area contributed by atoms with Crippen molar-refractivity contribution in [3.05, 3.63) is 97.9 Å². The van der Waals surface area contributed by atoms with Crippen LogP contribution in [0, 0.1) is 0 Å². The van der Waals surface area contributed by atoms with Crippen molar-refractivity contribution in [3.63, 3.8) is 0 Å². The van der Waals surface area contributed by atoms with Crippen LogP contribution in [0.2, 0.25) is 0 Å². The van der Waals surface area contributed by atoms with Crippen molar-refractivity contribution < 1.29 is 32.6 Å². The molecule has 3 rings (SSSR count). The van der Waals surface area contributed by atoms with Crippen LogP contribution in [0.5, 0.6) is 5.75 Å². The average Bonchev–Trinajstić information content (AvgIpc) is 2.90. The molecule has 0 fully saturated rings. The normalized spacial score (nSPS) is 11.9. The Morgan fingerprint density at radius 3 is 2.29 bits per heavy atom. The van der Waals surface area contributed by atoms with Gasteiger partial charge in [0.05, 0.1) is 12.7 Å². The number of carboxylic acids is 1. The van der Waals surface area contributed by atoms with Gasteiger partial charge in [-0.15, -0.1) is 0 Å². The van der Waals surface area contributed by atoms with Crippen LogP contribution in [0.4, 0.5) is 13.2 Å². The van der Waals surface area contributed by atoms with E-state index in [1.54, 1.807) is 48.1 Å². The molecule has 0 amide bonds. The first kappa shape index (κ1) is 30.8. The zero-order chi connectivity index (χ0) is 28.5. The van der Waals surface area contributed by atoms with Crippen molar-refractivity contribution in [3.8, 4) is 5.75 Å². The van der Waals surface area contributed by atoms with E-state index in [1.165, 1.54) is 0 Å². The summed E-state index contributed by atoms with van der Waals surface area (Å²) in [6, 6.07) is 18.1. The molecule has 0 radical (unpaired) electrons. The molecule has 0 bridgehead atoms. The topological polar surface area (TPSA) is 88.8 Å². The maximum Gasteiger partial charge on any atom is 0.446 e. The molecular weight excluding hydrogens is 569 g/mol. The standard InChI is InChI=1S/C25H27BrN2O4.C2HF3O/c1-17(20-6-4-5-7-23(20)32-3)27(2)16-22-21(26)12-13-24(29)28(22)15-14-18-8-10-19(11-9-18)25(30)31;3-2(4,5)1-6/h4-13,17H,14-16H2,1-3H3,(H,30,31);1H. The number of hydrogen-bond acceptors (Lipinski definition) is 5. The monoisotopic (exact) mass is 596 g/mol. The lowest BCUT2D eigenvalue weighted by atomic mass is 10.1. The van der Waals surface area contributed by atoms with E-state index in [4.69, 9.17) is 14.6 Å². The number of methoxy groups -OCH3 is 1. The highest BCUT2D eigenvalue weighted by molar-refractivity contribution is 9.10. The summed E-state index contributed by atoms with van der Waals surface area (Å²) in [7, 11) is 3.69. The van der Waals surface area contributed by atoms with E-state index in [9.17, 15) is 22.8 Å². The lowest BCUT2D eigenvalue weighted by molar-refractivity contribution is -0.156. The Kier molecular flexibility index (Phi) is 11.3. The average molecular weight is 597 g/mol. The summed E-state index contributed by atoms with van der Waals surface area (Å²) in [4.78, 5) is 34.6. The van der Waals surface area contributed by atoms with Crippen molar-refractivity contribution in [2.45, 2.75) is 38.7 Å². The van der Waals surface area contributed by atoms with Gasteiger partial charge < -0.3 is 14.4 Å². The van der Waals surface area contributed by atoms with E-state index >= 15 is 0 Å². The Morgan fingerprint density at radius 2 is 1.74 bits per heavy atom. The summed E-state index contributed by atoms with van der Waals surface area (Å²) in [5, 5.41) is 9.07. The van der Waals surface area contributed by atoms with Gasteiger partial charge in [0.1, 0.15) is 5.75 Å². The molecule has 7 nitrogen and oxygen atoms in total. The molecule has 38 heavy (non-hydrogen) atoms. The van der Waals surface area contributed by atoms with Gasteiger partial charge in [-0.2, -0.15) is 13.2 Å². The number of aryl methyl sites for hydroxylation is 1. The second-order valence-corrected chi connectivity index (χ2v) is 9.22. The van der Waals surface area contributed by atoms with Crippen LogP contribution in [-0.4, -0.2) is 47.2 Å². The highest BCUT2D eigenvalue weighted by Gasteiger charge is 2.25. The maximum absolute atomic E-state index is 12.7. The van der Waals surface area contributed by atoms with E-state index in [1.807, 2.05) is 31.3 Å². The molecule has 204 valence electrons. The number of aromatic nitrogens is 1. The van der Waals surface area contributed by atoms with Crippen molar-refractivity contribution in [2.24, 2.45) is 0 Å². The largest absolute Gasteiger partial charge is 0.496 e. The number of carbonyl (C=O) groups is 2. The molecular formula is C27H28BrF3N2O5. The molecule has 1 N–H and O–H groups in total. The quantitative estimate of drug-likeness (QED) is 0.328. The summed E-state index contributed by atoms with van der Waals surface area (Å²) in [6.45, 7) is 3.17. The Bertz CT molecular complexity index is 1290. The minimum absolute atomic E-state index is 0.0660. The Morgan fingerprint density at radius 1 is 1.13 bits per heavy atom. The number of alkyl halides is 3. The third-order valence-corrected chi connectivity index (χ3v) is 6.57. The first-order valence-electron chi connectivity index (χ1n) is 11.4. The SMILES string of the molecule is COc1ccccc1C(C)N(C)Cc1c(Br)ccc(=O)n1CCc1ccc(C(=O)O)cc1.O=CC(F)(F)F. The molecule has 0 saturated heterocycles. The van der Waals surface area contributed by atoms with Crippen LogP contribution < -0.4 is 10.3 Å². The van der Waals surface area contributed by atoms with Crippen molar-refractivity contribution >= 4 is 28.2 Å². The van der Waals surface area contributed by atoms with E-state index < -0.39 is 18.4 Å². The predicted molar refractivity (Wildman–Crippen MR) is 141 cm³/mol. The van der Waals surface area contributed by atoms with Crippen LogP contribution in [0.15, 0.2) is 69.9 Å². The number of ether oxygens (including phenoxy) is 1. The first-order chi connectivity index (χ1) is 17.9. The summed E-state index contributed by atoms with van der Waals surface area (Å²) in [6.07, 6.45) is -5.08. The minimum atomic E-state index is -4.64. The molecule has 0 aliphatic carbocycles. The number of carbonyl (C=O) groups excluding carboxylic acids is 1. The molecule has 2 aromatic carbocycles. The summed E-state index contributed by atoms with van der Waals surface area (Å²) in [5.74, 6) is -0.115. The maximum atomic E-state index is 12.7. The van der Waals surface area contributed by atoms with Gasteiger partial charge in [0, 0.05) is 40.9 Å². The third-order valence-electron chi connectivity index (χ3n) is 5.85. The van der Waals surface area contributed by atoms with Crippen LogP contribution in [0.1, 0.15) is 40.1 Å². The van der Waals surface area contributed by atoms with E-state index in [0.717, 1.165) is 27.0 Å². The van der Waals surface area contributed by atoms with E-state index in [0.29, 0.717) is 19.5 Å². The van der Waals surface area contributed by atoms with Crippen molar-refractivity contribution in [1.82, 2.24) is 9.47 Å². The number of aromatic carboxylic acids is 1. The number of hydrogen-bond donors (Lipinski definition) is 1. The number of halogens is 4. The number of carboxylic acid groups (broad SMARTS) is 1. The molecule has 0 spiro atoms. The van der Waals surface area contributed by atoms with Crippen LogP contribution in [-0.2, 0) is 24.3 Å². The zero-order valence-electron chi connectivity index (χ0n) is 21.0. The highest BCUT2D eigenvalue weighted by atomic mass is 79.9. The molecule has 3 aromatic rings. The number of aldehydes is 1. The third kappa shape index (κ3) is 8.84. The van der Waals surface area contributed by atoms with Gasteiger partial charge in [0.15, 0.2) is 0 Å². The Hall–Kier alpha value is -3.44. The smallest absolute Gasteiger partial charge is 0.446 e. The number of para-hydroxylation sites is 1. The van der Waals surface area contributed by atoms with Gasteiger partial charge in [-0.25, -0.2) is 4.79 Å². The van der Waals surface area contributed by atoms with Crippen molar-refractivity contribution in [2.75, 3.05) is 14.2 Å². The predicted octanol–water partition coefficient (Wildman–Crippen LogP) is 5.50. The Balaban J connectivity index is 0.000000757. The van der Waals surface area contributed by atoms with Gasteiger partial charge >= 0.3 is 12.1 Å². The molecule has 0 aliphatic rings. The van der Waals surface area contributed by atoms with Crippen LogP contribution >= 0.6 is 15.9 Å². The number of nitrogens with zero attached hydrogens (tertiary/aromatic N) is 2. The van der Waals surface area contributed by atoms with Crippen LogP contribution in [0.25, 0.3) is 0 Å². The lowest BCUT2D eigenvalue weighted by Gasteiger charge is -2.28. The summed E-state index contributed by atoms with van der Waals surface area (Å²) in [5.41, 5.74) is 3.13. The molecule has 0 saturated carbocycles. The fraction of sp³-hybridized carbons (Fsp3) is 0.296. The Labute approximate surface area is 226 Å². The molecule has 1 unspecified atom stereocenters. The second kappa shape index (κ2) is 13.9. The van der Waals surface area contributed by atoms with E-state index in [2.05, 4.69) is 27.8 Å². The lowest BCUT2D eigenvalue weighted by Crippen LogP contribution is -2.30. The first-order valence-corrected chi connectivity index (χ1v) is 12.2. The number of benzene rings is 2. The second-order valence-electron chi connectivity index (χ2n) is 8.36. The van der Waals surface area contributed by atoms with E-state index in [-0.39, 0.29) is 17.2 Å². The van der Waals surface area contributed by atoms with Gasteiger partial charge in [-0.05, 0) is 66.2 Å². The highest BCUT2D eigenvalue weighted by Crippen LogP contribution is 2.29. The molecule has 1 aromatic heterocycles. The van der Waals surface area contributed by atoms with Crippen LogP contribution in [0.3, 0.4) is 0 Å². The molecule has 1 heterocycles. The fourth-order valence-corrected chi connectivity index (χ4v) is 4.15. The summed E-state index contributed by atoms with van der Waals surface area (Å²) < 4.78 is 39.4. The van der Waals surface area contributed by atoms with Gasteiger partial charge in [-0.1, -0.05) is 30.3 Å². The minimum Gasteiger partial charge on any atom is -0.496 e. The van der Waals surface area contributed by atoms with Gasteiger partial charge in [0.25, 0.3) is 5.56 Å².